The van der Waals surface area contributed by atoms with Gasteiger partial charge in [-0.25, -0.2) is 0 Å². The Labute approximate surface area is 117 Å². The van der Waals surface area contributed by atoms with Crippen LogP contribution in [-0.4, -0.2) is 17.2 Å². The van der Waals surface area contributed by atoms with Crippen LogP contribution in [-0.2, 0) is 0 Å². The largest absolute Gasteiger partial charge is 0.392 e. The number of hydrogen-bond donors (Lipinski definition) is 1. The van der Waals surface area contributed by atoms with Gasteiger partial charge in [0.05, 0.1) is 5.92 Å². The molecule has 20 heavy (non-hydrogen) atoms. The van der Waals surface area contributed by atoms with Crippen LogP contribution in [0.1, 0.15) is 44.2 Å². The summed E-state index contributed by atoms with van der Waals surface area (Å²) in [5.74, 6) is -1.93. The summed E-state index contributed by atoms with van der Waals surface area (Å²) < 4.78 is 39.4. The minimum Gasteiger partial charge on any atom is -0.327 e. The number of pyridine rings is 1. The summed E-state index contributed by atoms with van der Waals surface area (Å²) in [5, 5.41) is 0. The number of alkyl halides is 3. The van der Waals surface area contributed by atoms with Gasteiger partial charge in [-0.15, -0.1) is 0 Å². The second-order valence-electron chi connectivity index (χ2n) is 5.72. The van der Waals surface area contributed by atoms with Gasteiger partial charge < -0.3 is 5.73 Å². The number of nitrogens with zero attached hydrogens (tertiary/aromatic N) is 1. The van der Waals surface area contributed by atoms with Crippen LogP contribution in [0.5, 0.6) is 0 Å². The fraction of sp³-hybridized carbons (Fsp3) is 0.667. The molecular weight excluding hydrogens is 265 g/mol. The average molecular weight is 286 g/mol. The van der Waals surface area contributed by atoms with Crippen LogP contribution in [0.15, 0.2) is 24.4 Å². The number of hydrogen-bond acceptors (Lipinski definition) is 2. The van der Waals surface area contributed by atoms with Crippen molar-refractivity contribution < 1.29 is 13.2 Å². The molecule has 2 nitrogen and oxygen atoms in total. The zero-order chi connectivity index (χ0) is 14.8. The van der Waals surface area contributed by atoms with Crippen molar-refractivity contribution in [1.29, 1.82) is 0 Å². The normalized spacial score (nSPS) is 27.1. The molecule has 2 N–H and O–H groups in total. The highest BCUT2D eigenvalue weighted by molar-refractivity contribution is 5.12. The highest BCUT2D eigenvalue weighted by Crippen LogP contribution is 2.44. The summed E-state index contributed by atoms with van der Waals surface area (Å²) in [6.07, 6.45) is -0.252. The van der Waals surface area contributed by atoms with Gasteiger partial charge in [0.15, 0.2) is 0 Å². The molecule has 112 valence electrons. The Balaban J connectivity index is 2.15. The van der Waals surface area contributed by atoms with Crippen LogP contribution in [0.2, 0.25) is 0 Å². The predicted molar refractivity (Wildman–Crippen MR) is 72.1 cm³/mol. The molecule has 0 radical (unpaired) electrons. The second-order valence-corrected chi connectivity index (χ2v) is 5.72. The van der Waals surface area contributed by atoms with Gasteiger partial charge in [0, 0.05) is 23.9 Å². The summed E-state index contributed by atoms with van der Waals surface area (Å²) in [7, 11) is 0. The van der Waals surface area contributed by atoms with Gasteiger partial charge in [-0.2, -0.15) is 13.2 Å². The van der Waals surface area contributed by atoms with E-state index in [4.69, 9.17) is 5.73 Å². The molecule has 0 aliphatic heterocycles. The van der Waals surface area contributed by atoms with Crippen molar-refractivity contribution in [2.24, 2.45) is 17.6 Å². The van der Waals surface area contributed by atoms with Crippen molar-refractivity contribution >= 4 is 0 Å². The topological polar surface area (TPSA) is 38.9 Å². The minimum atomic E-state index is -4.15. The van der Waals surface area contributed by atoms with Crippen molar-refractivity contribution in [3.05, 3.63) is 30.1 Å². The molecule has 1 aliphatic rings. The average Bonchev–Trinajstić information content (AvgIpc) is 2.46. The quantitative estimate of drug-likeness (QED) is 0.915. The Morgan fingerprint density at radius 2 is 1.95 bits per heavy atom. The van der Waals surface area contributed by atoms with Gasteiger partial charge >= 0.3 is 6.18 Å². The first kappa shape index (κ1) is 15.3. The monoisotopic (exact) mass is 286 g/mol. The second kappa shape index (κ2) is 6.12. The Bertz CT molecular complexity index is 419. The molecule has 0 amide bonds. The lowest BCUT2D eigenvalue weighted by Crippen LogP contribution is -2.45. The van der Waals surface area contributed by atoms with Crippen LogP contribution in [0, 0.1) is 11.8 Å². The van der Waals surface area contributed by atoms with Crippen LogP contribution in [0.4, 0.5) is 13.2 Å². The summed E-state index contributed by atoms with van der Waals surface area (Å²) in [6.45, 7) is 1.87. The lowest BCUT2D eigenvalue weighted by Gasteiger charge is -2.38. The van der Waals surface area contributed by atoms with E-state index >= 15 is 0 Å². The van der Waals surface area contributed by atoms with Gasteiger partial charge in [0.1, 0.15) is 0 Å². The van der Waals surface area contributed by atoms with E-state index < -0.39 is 24.1 Å². The first-order chi connectivity index (χ1) is 9.41. The fourth-order valence-corrected chi connectivity index (χ4v) is 3.24. The van der Waals surface area contributed by atoms with Gasteiger partial charge in [-0.1, -0.05) is 25.8 Å². The van der Waals surface area contributed by atoms with E-state index in [2.05, 4.69) is 4.98 Å². The number of halogens is 3. The molecule has 1 heterocycles. The third kappa shape index (κ3) is 3.32. The molecule has 0 aromatic carbocycles. The van der Waals surface area contributed by atoms with Crippen molar-refractivity contribution in [2.75, 3.05) is 0 Å². The molecule has 1 fully saturated rings. The third-order valence-electron chi connectivity index (χ3n) is 4.47. The summed E-state index contributed by atoms with van der Waals surface area (Å²) in [6, 6.07) is 4.96. The van der Waals surface area contributed by atoms with Crippen molar-refractivity contribution in [1.82, 2.24) is 4.98 Å². The first-order valence-corrected chi connectivity index (χ1v) is 7.14. The first-order valence-electron chi connectivity index (χ1n) is 7.14. The van der Waals surface area contributed by atoms with Crippen molar-refractivity contribution in [3.8, 4) is 0 Å². The Morgan fingerprint density at radius 1 is 1.25 bits per heavy atom. The number of aromatic nitrogens is 1. The molecule has 1 aliphatic carbocycles. The highest BCUT2D eigenvalue weighted by atomic mass is 19.4. The van der Waals surface area contributed by atoms with Crippen LogP contribution >= 0.6 is 0 Å². The summed E-state index contributed by atoms with van der Waals surface area (Å²) in [4.78, 5) is 4.22. The third-order valence-corrected chi connectivity index (χ3v) is 4.47. The standard InChI is InChI=1S/C15H21F3N2/c1-10(13-8-4-5-9-20-13)14(19)11-6-2-3-7-12(11)15(16,17)18/h4-5,8-12,14H,2-3,6-7,19H2,1H3. The zero-order valence-corrected chi connectivity index (χ0v) is 11.6. The highest BCUT2D eigenvalue weighted by Gasteiger charge is 2.48. The van der Waals surface area contributed by atoms with Crippen LogP contribution < -0.4 is 5.73 Å². The van der Waals surface area contributed by atoms with Crippen molar-refractivity contribution in [2.45, 2.75) is 50.7 Å². The van der Waals surface area contributed by atoms with E-state index in [0.29, 0.717) is 12.8 Å². The Kier molecular flexibility index (Phi) is 4.68. The molecule has 1 aromatic heterocycles. The molecular formula is C15H21F3N2. The molecule has 4 unspecified atom stereocenters. The predicted octanol–water partition coefficient (Wildman–Crippen LogP) is 3.88. The summed E-state index contributed by atoms with van der Waals surface area (Å²) in [5.41, 5.74) is 6.94. The van der Waals surface area contributed by atoms with Gasteiger partial charge in [-0.05, 0) is 30.9 Å². The van der Waals surface area contributed by atoms with E-state index in [1.807, 2.05) is 19.1 Å². The molecule has 0 bridgehead atoms. The SMILES string of the molecule is CC(c1ccccn1)C(N)C1CCCCC1C(F)(F)F. The maximum atomic E-state index is 13.1. The van der Waals surface area contributed by atoms with E-state index in [0.717, 1.165) is 12.1 Å². The molecule has 0 spiro atoms. The fourth-order valence-electron chi connectivity index (χ4n) is 3.24. The van der Waals surface area contributed by atoms with Gasteiger partial charge in [0.2, 0.25) is 0 Å². The molecule has 4 atom stereocenters. The molecule has 5 heteroatoms. The minimum absolute atomic E-state index is 0.163. The van der Waals surface area contributed by atoms with Crippen molar-refractivity contribution in [3.63, 3.8) is 0 Å². The van der Waals surface area contributed by atoms with Crippen LogP contribution in [0.25, 0.3) is 0 Å². The maximum absolute atomic E-state index is 13.1. The maximum Gasteiger partial charge on any atom is 0.392 e. The van der Waals surface area contributed by atoms with E-state index in [-0.39, 0.29) is 12.3 Å². The van der Waals surface area contributed by atoms with E-state index in [1.54, 1.807) is 12.3 Å². The number of nitrogens with two attached hydrogens (primary N) is 1. The number of rotatable bonds is 3. The van der Waals surface area contributed by atoms with Gasteiger partial charge in [-0.3, -0.25) is 4.98 Å². The van der Waals surface area contributed by atoms with Crippen LogP contribution in [0.3, 0.4) is 0 Å². The van der Waals surface area contributed by atoms with Gasteiger partial charge in [0.25, 0.3) is 0 Å². The lowest BCUT2D eigenvalue weighted by atomic mass is 9.71. The lowest BCUT2D eigenvalue weighted by molar-refractivity contribution is -0.198. The smallest absolute Gasteiger partial charge is 0.327 e. The van der Waals surface area contributed by atoms with E-state index in [9.17, 15) is 13.2 Å². The molecule has 1 aromatic rings. The molecule has 1 saturated carbocycles. The molecule has 0 saturated heterocycles. The Hall–Kier alpha value is -1.10. The zero-order valence-electron chi connectivity index (χ0n) is 11.6. The molecule has 2 rings (SSSR count). The Morgan fingerprint density at radius 3 is 2.55 bits per heavy atom. The van der Waals surface area contributed by atoms with E-state index in [1.165, 1.54) is 0 Å². The summed E-state index contributed by atoms with van der Waals surface area (Å²) >= 11 is 0.